The lowest BCUT2D eigenvalue weighted by Crippen LogP contribution is -2.48. The molecule has 24 heavy (non-hydrogen) atoms. The first-order chi connectivity index (χ1) is 11.5. The summed E-state index contributed by atoms with van der Waals surface area (Å²) in [6.07, 6.45) is 7.17. The summed E-state index contributed by atoms with van der Waals surface area (Å²) in [4.78, 5) is 26.8. The number of carbonyl (C=O) groups excluding carboxylic acids is 2. The summed E-state index contributed by atoms with van der Waals surface area (Å²) < 4.78 is 7.59. The van der Waals surface area contributed by atoms with Crippen LogP contribution >= 0.6 is 0 Å². The Labute approximate surface area is 142 Å². The zero-order valence-electron chi connectivity index (χ0n) is 14.4. The van der Waals surface area contributed by atoms with Crippen molar-refractivity contribution in [2.75, 3.05) is 19.7 Å². The zero-order valence-corrected chi connectivity index (χ0v) is 14.4. The van der Waals surface area contributed by atoms with Gasteiger partial charge in [-0.05, 0) is 38.2 Å². The molecule has 132 valence electrons. The summed E-state index contributed by atoms with van der Waals surface area (Å²) in [5.41, 5.74) is 5.85. The predicted octanol–water partition coefficient (Wildman–Crippen LogP) is 0.797. The van der Waals surface area contributed by atoms with Gasteiger partial charge in [-0.25, -0.2) is 0 Å². The molecular weight excluding hydrogens is 308 g/mol. The molecule has 1 aliphatic heterocycles. The van der Waals surface area contributed by atoms with Gasteiger partial charge in [-0.15, -0.1) is 0 Å². The number of aromatic nitrogens is 2. The van der Waals surface area contributed by atoms with E-state index < -0.39 is 5.60 Å². The van der Waals surface area contributed by atoms with Crippen molar-refractivity contribution in [3.05, 3.63) is 18.0 Å². The summed E-state index contributed by atoms with van der Waals surface area (Å²) in [7, 11) is 1.84. The van der Waals surface area contributed by atoms with Gasteiger partial charge >= 0.3 is 0 Å². The molecule has 7 heteroatoms. The van der Waals surface area contributed by atoms with Crippen molar-refractivity contribution in [3.8, 4) is 0 Å². The molecule has 2 aliphatic rings. The van der Waals surface area contributed by atoms with Crippen molar-refractivity contribution in [1.29, 1.82) is 0 Å². The van der Waals surface area contributed by atoms with Crippen LogP contribution < -0.4 is 5.73 Å². The van der Waals surface area contributed by atoms with Gasteiger partial charge in [0.25, 0.3) is 5.91 Å². The van der Waals surface area contributed by atoms with Gasteiger partial charge in [-0.3, -0.25) is 14.3 Å². The van der Waals surface area contributed by atoms with Gasteiger partial charge in [-0.2, -0.15) is 5.10 Å². The van der Waals surface area contributed by atoms with Crippen LogP contribution in [0.15, 0.2) is 12.4 Å². The van der Waals surface area contributed by atoms with Crippen molar-refractivity contribution in [2.45, 2.75) is 44.1 Å². The molecule has 0 radical (unpaired) electrons. The SMILES string of the molecule is CCOC1(C(=O)N2C[C@H](C(N)=O)[C@@H](c3cnn(C)c3)C2)CCCC1. The number of hydrogen-bond donors (Lipinski definition) is 1. The summed E-state index contributed by atoms with van der Waals surface area (Å²) in [6.45, 7) is 3.29. The molecule has 1 aromatic rings. The molecule has 1 aromatic heterocycles. The van der Waals surface area contributed by atoms with Gasteiger partial charge in [0.1, 0.15) is 5.60 Å². The van der Waals surface area contributed by atoms with Crippen molar-refractivity contribution in [1.82, 2.24) is 14.7 Å². The highest BCUT2D eigenvalue weighted by atomic mass is 16.5. The monoisotopic (exact) mass is 334 g/mol. The Morgan fingerprint density at radius 1 is 1.38 bits per heavy atom. The number of ether oxygens (including phenoxy) is 1. The maximum atomic E-state index is 13.1. The van der Waals surface area contributed by atoms with Gasteiger partial charge in [0.05, 0.1) is 12.1 Å². The number of likely N-dealkylation sites (tertiary alicyclic amines) is 1. The minimum atomic E-state index is -0.708. The van der Waals surface area contributed by atoms with Crippen LogP contribution in [-0.4, -0.2) is 51.8 Å². The maximum Gasteiger partial charge on any atom is 0.254 e. The third-order valence-electron chi connectivity index (χ3n) is 5.35. The fourth-order valence-corrected chi connectivity index (χ4v) is 4.16. The second-order valence-corrected chi connectivity index (χ2v) is 6.91. The van der Waals surface area contributed by atoms with E-state index in [-0.39, 0.29) is 23.7 Å². The van der Waals surface area contributed by atoms with E-state index in [1.807, 2.05) is 20.2 Å². The summed E-state index contributed by atoms with van der Waals surface area (Å²) in [5.74, 6) is -0.825. The number of aryl methyl sites for hydroxylation is 1. The van der Waals surface area contributed by atoms with Crippen LogP contribution in [0.2, 0.25) is 0 Å². The Morgan fingerprint density at radius 2 is 2.08 bits per heavy atom. The standard InChI is InChI=1S/C17H26N4O3/c1-3-24-17(6-4-5-7-17)16(23)21-10-13(14(11-21)15(18)22)12-8-19-20(2)9-12/h8-9,13-14H,3-7,10-11H2,1-2H3,(H2,18,22)/t13-,14+/m1/s1. The molecule has 0 spiro atoms. The molecule has 2 N–H and O–H groups in total. The maximum absolute atomic E-state index is 13.1. The molecule has 1 saturated carbocycles. The fourth-order valence-electron chi connectivity index (χ4n) is 4.16. The molecule has 3 rings (SSSR count). The molecule has 0 bridgehead atoms. The minimum Gasteiger partial charge on any atom is -0.369 e. The van der Waals surface area contributed by atoms with Crippen LogP contribution in [0.1, 0.15) is 44.1 Å². The van der Waals surface area contributed by atoms with Gasteiger partial charge in [0.2, 0.25) is 5.91 Å². The molecule has 2 heterocycles. The van der Waals surface area contributed by atoms with E-state index in [1.54, 1.807) is 15.8 Å². The van der Waals surface area contributed by atoms with Crippen LogP contribution in [0, 0.1) is 5.92 Å². The fraction of sp³-hybridized carbons (Fsp3) is 0.706. The van der Waals surface area contributed by atoms with E-state index >= 15 is 0 Å². The first kappa shape index (κ1) is 17.0. The predicted molar refractivity (Wildman–Crippen MR) is 88.0 cm³/mol. The Morgan fingerprint density at radius 3 is 2.62 bits per heavy atom. The van der Waals surface area contributed by atoms with Crippen LogP contribution in [-0.2, 0) is 21.4 Å². The number of hydrogen-bond acceptors (Lipinski definition) is 4. The van der Waals surface area contributed by atoms with E-state index in [0.29, 0.717) is 19.7 Å². The van der Waals surface area contributed by atoms with Gasteiger partial charge in [0, 0.05) is 38.9 Å². The highest BCUT2D eigenvalue weighted by Crippen LogP contribution is 2.39. The summed E-state index contributed by atoms with van der Waals surface area (Å²) >= 11 is 0. The average molecular weight is 334 g/mol. The molecule has 1 saturated heterocycles. The molecule has 0 aromatic carbocycles. The highest BCUT2D eigenvalue weighted by molar-refractivity contribution is 5.87. The third-order valence-corrected chi connectivity index (χ3v) is 5.35. The Balaban J connectivity index is 1.82. The summed E-state index contributed by atoms with van der Waals surface area (Å²) in [5, 5.41) is 4.18. The van der Waals surface area contributed by atoms with Crippen molar-refractivity contribution in [3.63, 3.8) is 0 Å². The topological polar surface area (TPSA) is 90.4 Å². The first-order valence-corrected chi connectivity index (χ1v) is 8.68. The van der Waals surface area contributed by atoms with Crippen LogP contribution in [0.25, 0.3) is 0 Å². The van der Waals surface area contributed by atoms with Crippen LogP contribution in [0.5, 0.6) is 0 Å². The molecule has 2 fully saturated rings. The van der Waals surface area contributed by atoms with Gasteiger partial charge < -0.3 is 15.4 Å². The quantitative estimate of drug-likeness (QED) is 0.862. The number of carbonyl (C=O) groups is 2. The Bertz CT molecular complexity index is 621. The van der Waals surface area contributed by atoms with Crippen LogP contribution in [0.4, 0.5) is 0 Å². The van der Waals surface area contributed by atoms with Crippen molar-refractivity contribution < 1.29 is 14.3 Å². The third kappa shape index (κ3) is 2.92. The first-order valence-electron chi connectivity index (χ1n) is 8.68. The second kappa shape index (κ2) is 6.55. The van der Waals surface area contributed by atoms with Crippen molar-refractivity contribution >= 4 is 11.8 Å². The minimum absolute atomic E-state index is 0.0134. The molecule has 0 unspecified atom stereocenters. The Kier molecular flexibility index (Phi) is 4.62. The number of nitrogens with two attached hydrogens (primary N) is 1. The van der Waals surface area contributed by atoms with Crippen molar-refractivity contribution in [2.24, 2.45) is 18.7 Å². The molecule has 2 atom stereocenters. The lowest BCUT2D eigenvalue weighted by Gasteiger charge is -2.32. The molecule has 7 nitrogen and oxygen atoms in total. The molecular formula is C17H26N4O3. The highest BCUT2D eigenvalue weighted by Gasteiger charge is 2.49. The van der Waals surface area contributed by atoms with E-state index in [1.165, 1.54) is 0 Å². The average Bonchev–Trinajstić information content (AvgIpc) is 3.25. The van der Waals surface area contributed by atoms with Gasteiger partial charge in [-0.1, -0.05) is 0 Å². The van der Waals surface area contributed by atoms with Crippen LogP contribution in [0.3, 0.4) is 0 Å². The zero-order chi connectivity index (χ0) is 17.3. The lowest BCUT2D eigenvalue weighted by atomic mass is 9.90. The molecule has 2 amide bonds. The number of rotatable bonds is 5. The van der Waals surface area contributed by atoms with E-state index in [9.17, 15) is 9.59 Å². The second-order valence-electron chi connectivity index (χ2n) is 6.91. The number of primary amides is 1. The van der Waals surface area contributed by atoms with E-state index in [4.69, 9.17) is 10.5 Å². The normalized spacial score (nSPS) is 26.0. The summed E-state index contributed by atoms with van der Waals surface area (Å²) in [6, 6.07) is 0. The number of amides is 2. The lowest BCUT2D eigenvalue weighted by molar-refractivity contribution is -0.156. The Hall–Kier alpha value is -1.89. The largest absolute Gasteiger partial charge is 0.369 e. The van der Waals surface area contributed by atoms with E-state index in [0.717, 1.165) is 31.2 Å². The molecule has 1 aliphatic carbocycles. The number of nitrogens with zero attached hydrogens (tertiary/aromatic N) is 3. The van der Waals surface area contributed by atoms with Gasteiger partial charge in [0.15, 0.2) is 0 Å². The van der Waals surface area contributed by atoms with E-state index in [2.05, 4.69) is 5.10 Å². The smallest absolute Gasteiger partial charge is 0.254 e.